The summed E-state index contributed by atoms with van der Waals surface area (Å²) in [5, 5.41) is 0. The van der Waals surface area contributed by atoms with Crippen molar-refractivity contribution in [2.75, 3.05) is 13.2 Å². The Balaban J connectivity index is 4.37. The first-order chi connectivity index (χ1) is 28.0. The number of hydrogen-bond donors (Lipinski definition) is 0. The highest BCUT2D eigenvalue weighted by atomic mass is 16.6. The lowest BCUT2D eigenvalue weighted by atomic mass is 10.0. The SMILES string of the molecule is CCCCCC/C=C\CCCCCCCC(=O)O[C@@H](COC(=O)CCCCCCC/C=C\CCCCCCC)COC(=O)CCCCCCCCCCCCCC. The molecule has 1 atom stereocenters. The molecule has 0 unspecified atom stereocenters. The van der Waals surface area contributed by atoms with Gasteiger partial charge in [0.05, 0.1) is 0 Å². The third-order valence-electron chi connectivity index (χ3n) is 10.9. The summed E-state index contributed by atoms with van der Waals surface area (Å²) in [6.45, 7) is 6.61. The molecule has 0 saturated carbocycles. The first kappa shape index (κ1) is 54.9. The maximum absolute atomic E-state index is 12.7. The lowest BCUT2D eigenvalue weighted by Gasteiger charge is -2.18. The molecule has 0 heterocycles. The Morgan fingerprint density at radius 3 is 0.895 bits per heavy atom. The van der Waals surface area contributed by atoms with Crippen molar-refractivity contribution in [2.24, 2.45) is 0 Å². The molecule has 0 aliphatic carbocycles. The number of rotatable bonds is 45. The predicted octanol–water partition coefficient (Wildman–Crippen LogP) is 16.0. The maximum Gasteiger partial charge on any atom is 0.306 e. The van der Waals surface area contributed by atoms with E-state index in [9.17, 15) is 14.4 Å². The molecule has 0 aromatic carbocycles. The summed E-state index contributed by atoms with van der Waals surface area (Å²) in [5.41, 5.74) is 0. The number of carbonyl (C=O) groups excluding carboxylic acids is 3. The van der Waals surface area contributed by atoms with Crippen LogP contribution < -0.4 is 0 Å². The molecule has 0 aliphatic heterocycles. The first-order valence-electron chi connectivity index (χ1n) is 24.8. The van der Waals surface area contributed by atoms with E-state index < -0.39 is 6.10 Å². The van der Waals surface area contributed by atoms with E-state index in [0.717, 1.165) is 70.6 Å². The van der Waals surface area contributed by atoms with Crippen molar-refractivity contribution in [3.8, 4) is 0 Å². The normalized spacial score (nSPS) is 12.1. The molecule has 0 radical (unpaired) electrons. The van der Waals surface area contributed by atoms with E-state index in [1.54, 1.807) is 0 Å². The number of esters is 3. The number of unbranched alkanes of at least 4 members (excludes halogenated alkanes) is 30. The van der Waals surface area contributed by atoms with Crippen molar-refractivity contribution in [1.29, 1.82) is 0 Å². The van der Waals surface area contributed by atoms with Crippen LogP contribution in [0.2, 0.25) is 0 Å². The highest BCUT2D eigenvalue weighted by molar-refractivity contribution is 5.71. The Labute approximate surface area is 353 Å². The fourth-order valence-electron chi connectivity index (χ4n) is 7.14. The number of ether oxygens (including phenoxy) is 3. The highest BCUT2D eigenvalue weighted by Crippen LogP contribution is 2.15. The van der Waals surface area contributed by atoms with Crippen molar-refractivity contribution < 1.29 is 28.6 Å². The van der Waals surface area contributed by atoms with E-state index in [0.29, 0.717) is 19.3 Å². The Morgan fingerprint density at radius 1 is 0.333 bits per heavy atom. The van der Waals surface area contributed by atoms with Crippen molar-refractivity contribution in [2.45, 2.75) is 271 Å². The molecule has 0 N–H and O–H groups in total. The highest BCUT2D eigenvalue weighted by Gasteiger charge is 2.19. The summed E-state index contributed by atoms with van der Waals surface area (Å²) < 4.78 is 16.8. The zero-order chi connectivity index (χ0) is 41.5. The molecule has 0 aromatic heterocycles. The molecule has 57 heavy (non-hydrogen) atoms. The number of carbonyl (C=O) groups is 3. The second kappa shape index (κ2) is 46.6. The smallest absolute Gasteiger partial charge is 0.306 e. The number of allylic oxidation sites excluding steroid dienone is 4. The Hall–Kier alpha value is -2.11. The fraction of sp³-hybridized carbons (Fsp3) is 0.863. The van der Waals surface area contributed by atoms with Gasteiger partial charge in [-0.1, -0.05) is 199 Å². The molecule has 0 aliphatic rings. The van der Waals surface area contributed by atoms with E-state index in [1.807, 2.05) is 0 Å². The molecule has 6 nitrogen and oxygen atoms in total. The third kappa shape index (κ3) is 44.8. The Bertz CT molecular complexity index is 927. The van der Waals surface area contributed by atoms with Crippen LogP contribution in [0, 0.1) is 0 Å². The zero-order valence-corrected chi connectivity index (χ0v) is 38.1. The maximum atomic E-state index is 12.7. The average molecular weight is 803 g/mol. The zero-order valence-electron chi connectivity index (χ0n) is 38.1. The van der Waals surface area contributed by atoms with Crippen LogP contribution in [0.15, 0.2) is 24.3 Å². The second-order valence-corrected chi connectivity index (χ2v) is 16.7. The molecule has 6 heteroatoms. The van der Waals surface area contributed by atoms with Crippen LogP contribution in [-0.2, 0) is 28.6 Å². The minimum atomic E-state index is -0.773. The first-order valence-corrected chi connectivity index (χ1v) is 24.8. The monoisotopic (exact) mass is 803 g/mol. The Kier molecular flexibility index (Phi) is 44.9. The van der Waals surface area contributed by atoms with Crippen LogP contribution in [-0.4, -0.2) is 37.2 Å². The fourth-order valence-corrected chi connectivity index (χ4v) is 7.14. The van der Waals surface area contributed by atoms with Crippen molar-refractivity contribution >= 4 is 17.9 Å². The van der Waals surface area contributed by atoms with Gasteiger partial charge in [0.1, 0.15) is 13.2 Å². The molecule has 0 fully saturated rings. The summed E-state index contributed by atoms with van der Waals surface area (Å²) >= 11 is 0. The van der Waals surface area contributed by atoms with Crippen molar-refractivity contribution in [3.63, 3.8) is 0 Å². The topological polar surface area (TPSA) is 78.9 Å². The predicted molar refractivity (Wildman–Crippen MR) is 243 cm³/mol. The van der Waals surface area contributed by atoms with Gasteiger partial charge in [0.25, 0.3) is 0 Å². The van der Waals surface area contributed by atoms with Gasteiger partial charge in [0.15, 0.2) is 6.10 Å². The summed E-state index contributed by atoms with van der Waals surface area (Å²) in [5.74, 6) is -0.883. The van der Waals surface area contributed by atoms with E-state index in [2.05, 4.69) is 45.1 Å². The minimum Gasteiger partial charge on any atom is -0.462 e. The molecular formula is C51H94O6. The van der Waals surface area contributed by atoms with Gasteiger partial charge in [-0.3, -0.25) is 14.4 Å². The molecule has 0 bridgehead atoms. The summed E-state index contributed by atoms with van der Waals surface area (Å²) in [6, 6.07) is 0. The van der Waals surface area contributed by atoms with Gasteiger partial charge >= 0.3 is 17.9 Å². The molecule has 0 rings (SSSR count). The van der Waals surface area contributed by atoms with Gasteiger partial charge in [-0.25, -0.2) is 0 Å². The summed E-state index contributed by atoms with van der Waals surface area (Å²) in [6.07, 6.45) is 51.5. The van der Waals surface area contributed by atoms with Crippen LogP contribution in [0.1, 0.15) is 265 Å². The summed E-state index contributed by atoms with van der Waals surface area (Å²) in [4.78, 5) is 37.8. The molecular weight excluding hydrogens is 709 g/mol. The van der Waals surface area contributed by atoms with Gasteiger partial charge in [-0.05, 0) is 70.6 Å². The van der Waals surface area contributed by atoms with Gasteiger partial charge in [0.2, 0.25) is 0 Å². The quantitative estimate of drug-likeness (QED) is 0.0264. The largest absolute Gasteiger partial charge is 0.462 e. The van der Waals surface area contributed by atoms with Crippen molar-refractivity contribution in [3.05, 3.63) is 24.3 Å². The molecule has 0 spiro atoms. The lowest BCUT2D eigenvalue weighted by molar-refractivity contribution is -0.167. The van der Waals surface area contributed by atoms with Crippen LogP contribution >= 0.6 is 0 Å². The van der Waals surface area contributed by atoms with E-state index in [1.165, 1.54) is 154 Å². The standard InChI is InChI=1S/C51H94O6/c1-4-7-10-13-16-19-22-25-27-29-32-35-38-41-44-50(53)56-47-48(46-55-49(52)43-40-37-34-31-28-24-21-18-15-12-9-6-3)57-51(54)45-42-39-36-33-30-26-23-20-17-14-11-8-5-2/h20,22-23,25,48H,4-19,21,24,26-47H2,1-3H3/b23-20-,25-22-/t48-/m1/s1. The van der Waals surface area contributed by atoms with Gasteiger partial charge < -0.3 is 14.2 Å². The van der Waals surface area contributed by atoms with E-state index >= 15 is 0 Å². The lowest BCUT2D eigenvalue weighted by Crippen LogP contribution is -2.30. The Morgan fingerprint density at radius 2 is 0.579 bits per heavy atom. The molecule has 0 amide bonds. The van der Waals surface area contributed by atoms with E-state index in [4.69, 9.17) is 14.2 Å². The van der Waals surface area contributed by atoms with Crippen LogP contribution in [0.5, 0.6) is 0 Å². The molecule has 334 valence electrons. The van der Waals surface area contributed by atoms with Crippen LogP contribution in [0.4, 0.5) is 0 Å². The van der Waals surface area contributed by atoms with Gasteiger partial charge in [-0.15, -0.1) is 0 Å². The number of hydrogen-bond acceptors (Lipinski definition) is 6. The van der Waals surface area contributed by atoms with Crippen LogP contribution in [0.25, 0.3) is 0 Å². The minimum absolute atomic E-state index is 0.0739. The van der Waals surface area contributed by atoms with Gasteiger partial charge in [-0.2, -0.15) is 0 Å². The van der Waals surface area contributed by atoms with Crippen LogP contribution in [0.3, 0.4) is 0 Å². The third-order valence-corrected chi connectivity index (χ3v) is 10.9. The average Bonchev–Trinajstić information content (AvgIpc) is 3.21. The van der Waals surface area contributed by atoms with E-state index in [-0.39, 0.29) is 31.1 Å². The molecule has 0 aromatic rings. The van der Waals surface area contributed by atoms with Gasteiger partial charge in [0, 0.05) is 19.3 Å². The summed E-state index contributed by atoms with van der Waals surface area (Å²) in [7, 11) is 0. The second-order valence-electron chi connectivity index (χ2n) is 16.7. The van der Waals surface area contributed by atoms with Crippen molar-refractivity contribution in [1.82, 2.24) is 0 Å². The molecule has 0 saturated heterocycles.